The molecule has 2 aromatic heterocycles. The number of fused-ring (bicyclic) bond motifs is 1. The van der Waals surface area contributed by atoms with Crippen molar-refractivity contribution in [3.05, 3.63) is 18.0 Å². The Labute approximate surface area is 219 Å². The van der Waals surface area contributed by atoms with Crippen molar-refractivity contribution in [2.24, 2.45) is 11.1 Å². The van der Waals surface area contributed by atoms with Gasteiger partial charge in [-0.2, -0.15) is 15.7 Å². The first-order valence-corrected chi connectivity index (χ1v) is 15.2. The molecule has 37 heavy (non-hydrogen) atoms. The highest BCUT2D eigenvalue weighted by Crippen LogP contribution is 2.46. The van der Waals surface area contributed by atoms with Gasteiger partial charge in [0.15, 0.2) is 5.65 Å². The second kappa shape index (κ2) is 9.74. The van der Waals surface area contributed by atoms with Crippen molar-refractivity contribution >= 4 is 39.0 Å². The Kier molecular flexibility index (Phi) is 6.91. The third-order valence-corrected chi connectivity index (χ3v) is 9.47. The predicted octanol–water partition coefficient (Wildman–Crippen LogP) is 5.17. The van der Waals surface area contributed by atoms with Crippen LogP contribution in [0.15, 0.2) is 17.5 Å². The van der Waals surface area contributed by atoms with Crippen LogP contribution in [0.5, 0.6) is 0 Å². The molecule has 0 radical (unpaired) electrons. The Morgan fingerprint density at radius 2 is 1.92 bits per heavy atom. The summed E-state index contributed by atoms with van der Waals surface area (Å²) in [5.41, 5.74) is 2.58. The van der Waals surface area contributed by atoms with E-state index in [-0.39, 0.29) is 17.9 Å². The normalized spacial score (nSPS) is 23.0. The maximum Gasteiger partial charge on any atom is 0.309 e. The smallest absolute Gasteiger partial charge is 0.309 e. The third-order valence-electron chi connectivity index (χ3n) is 7.69. The van der Waals surface area contributed by atoms with Gasteiger partial charge in [-0.1, -0.05) is 5.16 Å². The van der Waals surface area contributed by atoms with Crippen molar-refractivity contribution in [1.82, 2.24) is 14.8 Å². The Hall–Kier alpha value is -2.37. The van der Waals surface area contributed by atoms with E-state index >= 15 is 0 Å². The van der Waals surface area contributed by atoms with Crippen molar-refractivity contribution in [1.29, 1.82) is 0 Å². The molecular weight excluding hydrogens is 494 g/mol. The highest BCUT2D eigenvalue weighted by Gasteiger charge is 2.45. The van der Waals surface area contributed by atoms with E-state index in [1.807, 2.05) is 44.8 Å². The zero-order valence-corrected chi connectivity index (χ0v) is 23.0. The molecule has 4 heterocycles. The molecule has 1 spiro atoms. The summed E-state index contributed by atoms with van der Waals surface area (Å²) in [7, 11) is -2.46. The second-order valence-corrected chi connectivity index (χ2v) is 14.1. The van der Waals surface area contributed by atoms with Gasteiger partial charge in [-0.15, -0.1) is 0 Å². The average Bonchev–Trinajstić information content (AvgIpc) is 3.44. The van der Waals surface area contributed by atoms with Crippen molar-refractivity contribution in [3.63, 3.8) is 0 Å². The number of nitrogens with one attached hydrogen (secondary N) is 1. The topological polar surface area (TPSA) is 131 Å². The standard InChI is InChI=1S/C26H39N5O5S/c1-5-31-23-20(16-28-31)22(29-18-8-12-37(33,34)13-9-18)19(15-27-23)21-14-26(36-30-21)10-6-17(7-11-26)24(32)35-25(2,3)4/h15-18,33-34H,5-14H2,1-4H3,(H,27,29). The fourth-order valence-corrected chi connectivity index (χ4v) is 7.12. The van der Waals surface area contributed by atoms with Crippen LogP contribution in [0.1, 0.15) is 78.2 Å². The van der Waals surface area contributed by atoms with Crippen LogP contribution >= 0.6 is 10.6 Å². The van der Waals surface area contributed by atoms with Crippen LogP contribution in [0.3, 0.4) is 0 Å². The molecule has 3 N–H and O–H groups in total. The number of carbonyl (C=O) groups is 1. The molecule has 0 atom stereocenters. The summed E-state index contributed by atoms with van der Waals surface area (Å²) >= 11 is 0. The molecule has 3 aliphatic rings. The molecule has 204 valence electrons. The van der Waals surface area contributed by atoms with Crippen LogP contribution < -0.4 is 5.32 Å². The molecule has 5 rings (SSSR count). The lowest BCUT2D eigenvalue weighted by Crippen LogP contribution is -2.38. The highest BCUT2D eigenvalue weighted by atomic mass is 32.3. The second-order valence-electron chi connectivity index (χ2n) is 11.7. The van der Waals surface area contributed by atoms with Crippen molar-refractivity contribution in [2.45, 2.75) is 96.4 Å². The first-order valence-electron chi connectivity index (χ1n) is 13.3. The maximum absolute atomic E-state index is 12.6. The molecule has 2 aromatic rings. The van der Waals surface area contributed by atoms with Gasteiger partial charge >= 0.3 is 5.97 Å². The van der Waals surface area contributed by atoms with Gasteiger partial charge in [0, 0.05) is 42.3 Å². The fraction of sp³-hybridized carbons (Fsp3) is 0.692. The predicted molar refractivity (Wildman–Crippen MR) is 145 cm³/mol. The summed E-state index contributed by atoms with van der Waals surface area (Å²) in [6, 6.07) is 0.121. The molecule has 0 amide bonds. The van der Waals surface area contributed by atoms with Gasteiger partial charge in [-0.3, -0.25) is 13.9 Å². The molecule has 2 aliphatic heterocycles. The third kappa shape index (κ3) is 5.58. The van der Waals surface area contributed by atoms with Gasteiger partial charge < -0.3 is 14.9 Å². The molecular formula is C26H39N5O5S. The number of hydrogen-bond donors (Lipinski definition) is 3. The monoisotopic (exact) mass is 533 g/mol. The number of aryl methyl sites for hydroxylation is 1. The molecule has 1 aliphatic carbocycles. The average molecular weight is 534 g/mol. The number of aromatic nitrogens is 3. The van der Waals surface area contributed by atoms with Gasteiger partial charge in [-0.05, 0) is 66.2 Å². The number of carbonyl (C=O) groups excluding carboxylic acids is 1. The van der Waals surface area contributed by atoms with Crippen LogP contribution in [0, 0.1) is 5.92 Å². The molecule has 0 aromatic carbocycles. The highest BCUT2D eigenvalue weighted by molar-refractivity contribution is 8.24. The Balaban J connectivity index is 1.34. The summed E-state index contributed by atoms with van der Waals surface area (Å²) in [5, 5.41) is 13.7. The lowest BCUT2D eigenvalue weighted by atomic mass is 9.76. The van der Waals surface area contributed by atoms with Gasteiger partial charge in [0.1, 0.15) is 11.2 Å². The maximum atomic E-state index is 12.6. The molecule has 1 saturated heterocycles. The number of anilines is 1. The van der Waals surface area contributed by atoms with E-state index in [9.17, 15) is 13.9 Å². The first-order chi connectivity index (χ1) is 17.5. The number of esters is 1. The van der Waals surface area contributed by atoms with Gasteiger partial charge in [0.2, 0.25) is 0 Å². The quantitative estimate of drug-likeness (QED) is 0.449. The van der Waals surface area contributed by atoms with Crippen LogP contribution in [0.25, 0.3) is 11.0 Å². The number of rotatable bonds is 5. The lowest BCUT2D eigenvalue weighted by Gasteiger charge is -2.39. The number of nitrogens with zero attached hydrogens (tertiary/aromatic N) is 4. The van der Waals surface area contributed by atoms with Crippen LogP contribution in [-0.4, -0.2) is 64.3 Å². The fourth-order valence-electron chi connectivity index (χ4n) is 5.59. The number of oxime groups is 1. The van der Waals surface area contributed by atoms with Crippen LogP contribution in [0.4, 0.5) is 5.69 Å². The number of hydrogen-bond acceptors (Lipinski definition) is 9. The minimum Gasteiger partial charge on any atom is -0.460 e. The zero-order valence-electron chi connectivity index (χ0n) is 22.2. The van der Waals surface area contributed by atoms with E-state index in [1.54, 1.807) is 0 Å². The minimum atomic E-state index is -2.46. The first kappa shape index (κ1) is 26.2. The van der Waals surface area contributed by atoms with Crippen molar-refractivity contribution in [3.8, 4) is 0 Å². The molecule has 1 saturated carbocycles. The zero-order chi connectivity index (χ0) is 26.4. The summed E-state index contributed by atoms with van der Waals surface area (Å²) in [6.45, 7) is 8.44. The Morgan fingerprint density at radius 3 is 2.57 bits per heavy atom. The van der Waals surface area contributed by atoms with E-state index in [4.69, 9.17) is 14.6 Å². The Bertz CT molecular complexity index is 1190. The van der Waals surface area contributed by atoms with Crippen LogP contribution in [-0.2, 0) is 20.9 Å². The van der Waals surface area contributed by atoms with E-state index in [2.05, 4.69) is 15.6 Å². The van der Waals surface area contributed by atoms with Gasteiger partial charge in [-0.25, -0.2) is 9.67 Å². The largest absolute Gasteiger partial charge is 0.460 e. The van der Waals surface area contributed by atoms with Gasteiger partial charge in [0.25, 0.3) is 0 Å². The van der Waals surface area contributed by atoms with E-state index in [0.29, 0.717) is 37.3 Å². The van der Waals surface area contributed by atoms with E-state index in [0.717, 1.165) is 53.7 Å². The molecule has 10 nitrogen and oxygen atoms in total. The van der Waals surface area contributed by atoms with Gasteiger partial charge in [0.05, 0.1) is 28.9 Å². The Morgan fingerprint density at radius 1 is 1.22 bits per heavy atom. The number of ether oxygens (including phenoxy) is 1. The lowest BCUT2D eigenvalue weighted by molar-refractivity contribution is -0.163. The van der Waals surface area contributed by atoms with E-state index in [1.165, 1.54) is 0 Å². The molecule has 0 unspecified atom stereocenters. The van der Waals surface area contributed by atoms with Crippen LogP contribution in [0.2, 0.25) is 0 Å². The molecule has 11 heteroatoms. The number of pyridine rings is 1. The van der Waals surface area contributed by atoms with Crippen molar-refractivity contribution < 1.29 is 23.5 Å². The molecule has 0 bridgehead atoms. The summed E-state index contributed by atoms with van der Waals surface area (Å²) in [5.74, 6) is 0.592. The minimum absolute atomic E-state index is 0.105. The van der Waals surface area contributed by atoms with Crippen molar-refractivity contribution in [2.75, 3.05) is 16.8 Å². The summed E-state index contributed by atoms with van der Waals surface area (Å²) in [4.78, 5) is 23.4. The molecule has 2 fully saturated rings. The summed E-state index contributed by atoms with van der Waals surface area (Å²) < 4.78 is 27.6. The summed E-state index contributed by atoms with van der Waals surface area (Å²) in [6.07, 6.45) is 8.65. The SMILES string of the molecule is CCn1ncc2c(NC3CCS(O)(O)CC3)c(C3=NOC4(CCC(C(=O)OC(C)(C)C)CC4)C3)cnc21. The van der Waals surface area contributed by atoms with E-state index < -0.39 is 21.8 Å².